The molecule has 0 saturated heterocycles. The summed E-state index contributed by atoms with van der Waals surface area (Å²) in [4.78, 5) is 11.1. The summed E-state index contributed by atoms with van der Waals surface area (Å²) in [5.41, 5.74) is -0.0379. The second kappa shape index (κ2) is 3.20. The molecule has 0 radical (unpaired) electrons. The zero-order valence-corrected chi connectivity index (χ0v) is 8.23. The van der Waals surface area contributed by atoms with Crippen molar-refractivity contribution in [1.82, 2.24) is 9.78 Å². The first-order valence-electron chi connectivity index (χ1n) is 4.84. The SMILES string of the molecule is Cn1nccc1C1(O)CCC(=O)CC1. The van der Waals surface area contributed by atoms with Crippen LogP contribution in [0.1, 0.15) is 31.4 Å². The van der Waals surface area contributed by atoms with Crippen LogP contribution >= 0.6 is 0 Å². The van der Waals surface area contributed by atoms with E-state index < -0.39 is 5.60 Å². The van der Waals surface area contributed by atoms with Crippen molar-refractivity contribution in [2.24, 2.45) is 7.05 Å². The first kappa shape index (κ1) is 9.40. The third-order valence-corrected chi connectivity index (χ3v) is 2.93. The molecular weight excluding hydrogens is 180 g/mol. The van der Waals surface area contributed by atoms with E-state index in [1.165, 1.54) is 0 Å². The Morgan fingerprint density at radius 1 is 1.50 bits per heavy atom. The maximum absolute atomic E-state index is 11.1. The Kier molecular flexibility index (Phi) is 2.15. The molecule has 1 aliphatic carbocycles. The molecule has 1 N–H and O–H groups in total. The lowest BCUT2D eigenvalue weighted by molar-refractivity contribution is -0.126. The largest absolute Gasteiger partial charge is 0.384 e. The highest BCUT2D eigenvalue weighted by molar-refractivity contribution is 5.79. The molecule has 1 aromatic rings. The van der Waals surface area contributed by atoms with Crippen LogP contribution in [0.3, 0.4) is 0 Å². The van der Waals surface area contributed by atoms with Crippen LogP contribution in [0.4, 0.5) is 0 Å². The lowest BCUT2D eigenvalue weighted by Gasteiger charge is -2.31. The fourth-order valence-electron chi connectivity index (χ4n) is 2.03. The zero-order chi connectivity index (χ0) is 10.2. The number of hydrogen-bond donors (Lipinski definition) is 1. The molecule has 14 heavy (non-hydrogen) atoms. The third-order valence-electron chi connectivity index (χ3n) is 2.93. The number of rotatable bonds is 1. The normalized spacial score (nSPS) is 21.1. The molecular formula is C10H14N2O2. The van der Waals surface area contributed by atoms with Gasteiger partial charge in [-0.25, -0.2) is 0 Å². The Labute approximate surface area is 82.5 Å². The molecule has 1 aromatic heterocycles. The van der Waals surface area contributed by atoms with Crippen LogP contribution in [0.25, 0.3) is 0 Å². The fourth-order valence-corrected chi connectivity index (χ4v) is 2.03. The van der Waals surface area contributed by atoms with Gasteiger partial charge >= 0.3 is 0 Å². The summed E-state index contributed by atoms with van der Waals surface area (Å²) < 4.78 is 1.68. The van der Waals surface area contributed by atoms with E-state index in [9.17, 15) is 9.90 Å². The number of carbonyl (C=O) groups excluding carboxylic acids is 1. The van der Waals surface area contributed by atoms with Crippen LogP contribution in [0.5, 0.6) is 0 Å². The van der Waals surface area contributed by atoms with Gasteiger partial charge < -0.3 is 5.11 Å². The van der Waals surface area contributed by atoms with E-state index in [1.807, 2.05) is 13.1 Å². The van der Waals surface area contributed by atoms with Crippen molar-refractivity contribution in [3.63, 3.8) is 0 Å². The predicted octanol–water partition coefficient (Wildman–Crippen LogP) is 0.751. The lowest BCUT2D eigenvalue weighted by Crippen LogP contribution is -2.33. The average molecular weight is 194 g/mol. The molecule has 0 aliphatic heterocycles. The molecule has 0 amide bonds. The van der Waals surface area contributed by atoms with E-state index in [0.717, 1.165) is 5.69 Å². The number of aryl methyl sites for hydroxylation is 1. The smallest absolute Gasteiger partial charge is 0.133 e. The molecule has 0 bridgehead atoms. The third kappa shape index (κ3) is 1.46. The van der Waals surface area contributed by atoms with Gasteiger partial charge in [0.25, 0.3) is 0 Å². The molecule has 1 fully saturated rings. The number of Topliss-reactive ketones (excluding diaryl/α,β-unsaturated/α-hetero) is 1. The van der Waals surface area contributed by atoms with E-state index in [4.69, 9.17) is 0 Å². The van der Waals surface area contributed by atoms with Crippen molar-refractivity contribution in [3.8, 4) is 0 Å². The Hall–Kier alpha value is -1.16. The number of carbonyl (C=O) groups is 1. The minimum atomic E-state index is -0.848. The maximum Gasteiger partial charge on any atom is 0.133 e. The van der Waals surface area contributed by atoms with Crippen molar-refractivity contribution in [2.75, 3.05) is 0 Å². The molecule has 76 valence electrons. The highest BCUT2D eigenvalue weighted by Crippen LogP contribution is 2.34. The highest BCUT2D eigenvalue weighted by atomic mass is 16.3. The highest BCUT2D eigenvalue weighted by Gasteiger charge is 2.36. The quantitative estimate of drug-likeness (QED) is 0.717. The van der Waals surface area contributed by atoms with Gasteiger partial charge in [0.1, 0.15) is 11.4 Å². The lowest BCUT2D eigenvalue weighted by atomic mass is 9.82. The minimum absolute atomic E-state index is 0.247. The Morgan fingerprint density at radius 2 is 2.14 bits per heavy atom. The minimum Gasteiger partial charge on any atom is -0.384 e. The summed E-state index contributed by atoms with van der Waals surface area (Å²) >= 11 is 0. The van der Waals surface area contributed by atoms with Crippen molar-refractivity contribution in [1.29, 1.82) is 0 Å². The molecule has 0 aromatic carbocycles. The van der Waals surface area contributed by atoms with Gasteiger partial charge in [-0.05, 0) is 18.9 Å². The summed E-state index contributed by atoms with van der Waals surface area (Å²) in [7, 11) is 1.81. The molecule has 0 unspecified atom stereocenters. The molecule has 1 saturated carbocycles. The molecule has 0 spiro atoms. The first-order valence-corrected chi connectivity index (χ1v) is 4.84. The Morgan fingerprint density at radius 3 is 2.64 bits per heavy atom. The number of aliphatic hydroxyl groups is 1. The van der Waals surface area contributed by atoms with E-state index in [2.05, 4.69) is 5.10 Å². The number of nitrogens with zero attached hydrogens (tertiary/aromatic N) is 2. The zero-order valence-electron chi connectivity index (χ0n) is 8.23. The summed E-state index contributed by atoms with van der Waals surface area (Å²) in [6, 6.07) is 1.82. The number of aromatic nitrogens is 2. The van der Waals surface area contributed by atoms with E-state index >= 15 is 0 Å². The van der Waals surface area contributed by atoms with Gasteiger partial charge in [0.2, 0.25) is 0 Å². The van der Waals surface area contributed by atoms with E-state index in [-0.39, 0.29) is 5.78 Å². The van der Waals surface area contributed by atoms with Crippen LogP contribution in [0.2, 0.25) is 0 Å². The van der Waals surface area contributed by atoms with Crippen LogP contribution in [0, 0.1) is 0 Å². The van der Waals surface area contributed by atoms with Crippen molar-refractivity contribution < 1.29 is 9.90 Å². The maximum atomic E-state index is 11.1. The summed E-state index contributed by atoms with van der Waals surface area (Å²) in [5.74, 6) is 0.247. The van der Waals surface area contributed by atoms with E-state index in [1.54, 1.807) is 10.9 Å². The van der Waals surface area contributed by atoms with Gasteiger partial charge in [0, 0.05) is 26.1 Å². The van der Waals surface area contributed by atoms with Gasteiger partial charge in [-0.3, -0.25) is 9.48 Å². The Balaban J connectivity index is 2.25. The number of hydrogen-bond acceptors (Lipinski definition) is 3. The monoisotopic (exact) mass is 194 g/mol. The van der Waals surface area contributed by atoms with Crippen molar-refractivity contribution in [2.45, 2.75) is 31.3 Å². The predicted molar refractivity (Wildman–Crippen MR) is 50.6 cm³/mol. The number of ketones is 1. The molecule has 4 heteroatoms. The molecule has 0 atom stereocenters. The van der Waals surface area contributed by atoms with Crippen LogP contribution < -0.4 is 0 Å². The van der Waals surface area contributed by atoms with Gasteiger partial charge in [0.15, 0.2) is 0 Å². The summed E-state index contributed by atoms with van der Waals surface area (Å²) in [6.07, 6.45) is 3.66. The molecule has 4 nitrogen and oxygen atoms in total. The van der Waals surface area contributed by atoms with E-state index in [0.29, 0.717) is 25.7 Å². The van der Waals surface area contributed by atoms with Gasteiger partial charge in [-0.15, -0.1) is 0 Å². The van der Waals surface area contributed by atoms with Gasteiger partial charge in [-0.2, -0.15) is 5.10 Å². The van der Waals surface area contributed by atoms with Crippen LogP contribution in [-0.2, 0) is 17.4 Å². The molecule has 1 aliphatic rings. The summed E-state index contributed by atoms with van der Waals surface area (Å²) in [5, 5.41) is 14.3. The summed E-state index contributed by atoms with van der Waals surface area (Å²) in [6.45, 7) is 0. The standard InChI is InChI=1S/C10H14N2O2/c1-12-9(4-7-11-12)10(14)5-2-8(13)3-6-10/h4,7,14H,2-3,5-6H2,1H3. The molecule has 2 rings (SSSR count). The van der Waals surface area contributed by atoms with Crippen molar-refractivity contribution >= 4 is 5.78 Å². The molecule has 1 heterocycles. The second-order valence-electron chi connectivity index (χ2n) is 3.91. The first-order chi connectivity index (χ1) is 6.62. The van der Waals surface area contributed by atoms with Gasteiger partial charge in [-0.1, -0.05) is 0 Å². The average Bonchev–Trinajstić information content (AvgIpc) is 2.58. The van der Waals surface area contributed by atoms with Crippen LogP contribution in [0.15, 0.2) is 12.3 Å². The van der Waals surface area contributed by atoms with Crippen molar-refractivity contribution in [3.05, 3.63) is 18.0 Å². The van der Waals surface area contributed by atoms with Crippen LogP contribution in [-0.4, -0.2) is 20.7 Å². The Bertz CT molecular complexity index is 347. The fraction of sp³-hybridized carbons (Fsp3) is 0.600. The topological polar surface area (TPSA) is 55.1 Å². The second-order valence-corrected chi connectivity index (χ2v) is 3.91. The van der Waals surface area contributed by atoms with Gasteiger partial charge in [0.05, 0.1) is 5.69 Å².